The smallest absolute Gasteiger partial charge is 0.315 e. The number of aromatic nitrogens is 2. The normalized spacial score (nSPS) is 13.9. The summed E-state index contributed by atoms with van der Waals surface area (Å²) in [6.07, 6.45) is 3.56. The van der Waals surface area contributed by atoms with E-state index in [1.807, 2.05) is 0 Å². The molecule has 0 radical (unpaired) electrons. The van der Waals surface area contributed by atoms with Gasteiger partial charge in [0.25, 0.3) is 0 Å². The van der Waals surface area contributed by atoms with E-state index in [1.54, 1.807) is 24.1 Å². The standard InChI is InChI=1S/C14H16FN3O2/c1-18-8-10(7-17-18)6-14(9-16,13(19)20)11-2-4-12(15)5-3-11/h2-5,7-8H,6,9,16H2,1H3,(H,19,20). The maximum Gasteiger partial charge on any atom is 0.315 e. The van der Waals surface area contributed by atoms with Crippen LogP contribution >= 0.6 is 0 Å². The summed E-state index contributed by atoms with van der Waals surface area (Å²) in [7, 11) is 1.76. The zero-order valence-corrected chi connectivity index (χ0v) is 11.1. The SMILES string of the molecule is Cn1cc(CC(CN)(C(=O)O)c2ccc(F)cc2)cn1. The number of nitrogens with two attached hydrogens (primary N) is 1. The van der Waals surface area contributed by atoms with Crippen LogP contribution in [0.15, 0.2) is 36.7 Å². The summed E-state index contributed by atoms with van der Waals surface area (Å²) in [4.78, 5) is 11.7. The van der Waals surface area contributed by atoms with Gasteiger partial charge in [-0.25, -0.2) is 4.39 Å². The molecule has 1 aromatic carbocycles. The molecule has 20 heavy (non-hydrogen) atoms. The van der Waals surface area contributed by atoms with Gasteiger partial charge in [-0.3, -0.25) is 9.48 Å². The molecule has 2 rings (SSSR count). The predicted molar refractivity (Wildman–Crippen MR) is 71.7 cm³/mol. The number of carboxylic acid groups (broad SMARTS) is 1. The molecule has 1 atom stereocenters. The van der Waals surface area contributed by atoms with Crippen LogP contribution in [0.3, 0.4) is 0 Å². The topological polar surface area (TPSA) is 81.1 Å². The first-order valence-electron chi connectivity index (χ1n) is 6.15. The molecule has 0 spiro atoms. The van der Waals surface area contributed by atoms with E-state index in [0.29, 0.717) is 5.56 Å². The van der Waals surface area contributed by atoms with Crippen molar-refractivity contribution in [3.8, 4) is 0 Å². The number of hydrogen-bond acceptors (Lipinski definition) is 3. The maximum absolute atomic E-state index is 13.0. The second-order valence-electron chi connectivity index (χ2n) is 4.80. The largest absolute Gasteiger partial charge is 0.481 e. The lowest BCUT2D eigenvalue weighted by atomic mass is 9.76. The van der Waals surface area contributed by atoms with Crippen molar-refractivity contribution in [3.05, 3.63) is 53.6 Å². The lowest BCUT2D eigenvalue weighted by Crippen LogP contribution is -2.44. The van der Waals surface area contributed by atoms with Crippen LogP contribution in [-0.4, -0.2) is 27.4 Å². The fourth-order valence-corrected chi connectivity index (χ4v) is 2.26. The molecule has 0 fully saturated rings. The van der Waals surface area contributed by atoms with Crippen molar-refractivity contribution < 1.29 is 14.3 Å². The lowest BCUT2D eigenvalue weighted by Gasteiger charge is -2.28. The monoisotopic (exact) mass is 277 g/mol. The molecule has 0 saturated heterocycles. The van der Waals surface area contributed by atoms with Crippen molar-refractivity contribution in [2.75, 3.05) is 6.54 Å². The minimum absolute atomic E-state index is 0.0805. The van der Waals surface area contributed by atoms with Crippen LogP contribution in [0.25, 0.3) is 0 Å². The van der Waals surface area contributed by atoms with E-state index in [4.69, 9.17) is 5.73 Å². The Morgan fingerprint density at radius 1 is 1.45 bits per heavy atom. The number of aryl methyl sites for hydroxylation is 1. The Balaban J connectivity index is 2.44. The Hall–Kier alpha value is -2.21. The molecule has 5 nitrogen and oxygen atoms in total. The van der Waals surface area contributed by atoms with Gasteiger partial charge in [0.1, 0.15) is 11.2 Å². The van der Waals surface area contributed by atoms with Gasteiger partial charge >= 0.3 is 5.97 Å². The highest BCUT2D eigenvalue weighted by Gasteiger charge is 2.39. The molecule has 3 N–H and O–H groups in total. The van der Waals surface area contributed by atoms with Crippen molar-refractivity contribution in [1.29, 1.82) is 0 Å². The molecule has 2 aromatic rings. The fourth-order valence-electron chi connectivity index (χ4n) is 2.26. The average molecular weight is 277 g/mol. The summed E-state index contributed by atoms with van der Waals surface area (Å²) in [6, 6.07) is 5.41. The fraction of sp³-hybridized carbons (Fsp3) is 0.286. The van der Waals surface area contributed by atoms with Gasteiger partial charge in [0.2, 0.25) is 0 Å². The first-order valence-corrected chi connectivity index (χ1v) is 6.15. The van der Waals surface area contributed by atoms with Crippen LogP contribution in [0.4, 0.5) is 4.39 Å². The molecule has 0 aliphatic carbocycles. The molecule has 0 aliphatic heterocycles. The zero-order chi connectivity index (χ0) is 14.8. The van der Waals surface area contributed by atoms with E-state index in [1.165, 1.54) is 24.3 Å². The first kappa shape index (κ1) is 14.2. The van der Waals surface area contributed by atoms with Crippen LogP contribution < -0.4 is 5.73 Å². The number of carboxylic acids is 1. The highest BCUT2D eigenvalue weighted by atomic mass is 19.1. The molecule has 1 unspecified atom stereocenters. The van der Waals surface area contributed by atoms with Crippen LogP contribution in [-0.2, 0) is 23.7 Å². The van der Waals surface area contributed by atoms with Crippen LogP contribution in [0.5, 0.6) is 0 Å². The van der Waals surface area contributed by atoms with E-state index in [2.05, 4.69) is 5.10 Å². The number of benzene rings is 1. The van der Waals surface area contributed by atoms with E-state index in [0.717, 1.165) is 5.56 Å². The molecule has 6 heteroatoms. The van der Waals surface area contributed by atoms with E-state index in [-0.39, 0.29) is 13.0 Å². The van der Waals surface area contributed by atoms with Crippen LogP contribution in [0, 0.1) is 5.82 Å². The summed E-state index contributed by atoms with van der Waals surface area (Å²) >= 11 is 0. The molecule has 1 heterocycles. The molecule has 106 valence electrons. The van der Waals surface area contributed by atoms with Crippen molar-refractivity contribution in [2.45, 2.75) is 11.8 Å². The summed E-state index contributed by atoms with van der Waals surface area (Å²) < 4.78 is 14.6. The predicted octanol–water partition coefficient (Wildman–Crippen LogP) is 1.08. The van der Waals surface area contributed by atoms with Gasteiger partial charge in [0.05, 0.1) is 6.20 Å². The van der Waals surface area contributed by atoms with Gasteiger partial charge in [-0.05, 0) is 29.7 Å². The summed E-state index contributed by atoms with van der Waals surface area (Å²) in [5.74, 6) is -1.44. The first-order chi connectivity index (χ1) is 9.48. The molecule has 0 amide bonds. The maximum atomic E-state index is 13.0. The summed E-state index contributed by atoms with van der Waals surface area (Å²) in [5, 5.41) is 13.6. The van der Waals surface area contributed by atoms with Crippen LogP contribution in [0.1, 0.15) is 11.1 Å². The van der Waals surface area contributed by atoms with Crippen LogP contribution in [0.2, 0.25) is 0 Å². The minimum atomic E-state index is -1.28. The average Bonchev–Trinajstić information content (AvgIpc) is 2.82. The minimum Gasteiger partial charge on any atom is -0.481 e. The number of carbonyl (C=O) groups is 1. The van der Waals surface area contributed by atoms with Gasteiger partial charge in [-0.2, -0.15) is 5.10 Å². The van der Waals surface area contributed by atoms with E-state index in [9.17, 15) is 14.3 Å². The lowest BCUT2D eigenvalue weighted by molar-refractivity contribution is -0.143. The van der Waals surface area contributed by atoms with Crippen molar-refractivity contribution in [1.82, 2.24) is 9.78 Å². The van der Waals surface area contributed by atoms with Gasteiger partial charge in [0, 0.05) is 19.8 Å². The molecule has 0 aliphatic rings. The number of halogens is 1. The summed E-state index contributed by atoms with van der Waals surface area (Å²) in [6.45, 7) is -0.0805. The van der Waals surface area contributed by atoms with Gasteiger partial charge in [0.15, 0.2) is 0 Å². The van der Waals surface area contributed by atoms with Crippen molar-refractivity contribution in [2.24, 2.45) is 12.8 Å². The van der Waals surface area contributed by atoms with Gasteiger partial charge < -0.3 is 10.8 Å². The molecular formula is C14H16FN3O2. The molecule has 0 bridgehead atoms. The Morgan fingerprint density at radius 2 is 2.10 bits per heavy atom. The van der Waals surface area contributed by atoms with Gasteiger partial charge in [-0.1, -0.05) is 12.1 Å². The number of aliphatic carboxylic acids is 1. The number of hydrogen-bond donors (Lipinski definition) is 2. The Bertz CT molecular complexity index is 609. The number of rotatable bonds is 5. The molecular weight excluding hydrogens is 261 g/mol. The Kier molecular flexibility index (Phi) is 3.85. The van der Waals surface area contributed by atoms with E-state index < -0.39 is 17.2 Å². The molecule has 0 saturated carbocycles. The second kappa shape index (κ2) is 5.42. The quantitative estimate of drug-likeness (QED) is 0.857. The second-order valence-corrected chi connectivity index (χ2v) is 4.80. The zero-order valence-electron chi connectivity index (χ0n) is 11.1. The van der Waals surface area contributed by atoms with Gasteiger partial charge in [-0.15, -0.1) is 0 Å². The third-order valence-electron chi connectivity index (χ3n) is 3.42. The van der Waals surface area contributed by atoms with Crippen molar-refractivity contribution >= 4 is 5.97 Å². The Morgan fingerprint density at radius 3 is 2.55 bits per heavy atom. The summed E-state index contributed by atoms with van der Waals surface area (Å²) in [5.41, 5.74) is 5.70. The van der Waals surface area contributed by atoms with Crippen molar-refractivity contribution in [3.63, 3.8) is 0 Å². The molecule has 1 aromatic heterocycles. The number of nitrogens with zero attached hydrogens (tertiary/aromatic N) is 2. The van der Waals surface area contributed by atoms with E-state index >= 15 is 0 Å². The Labute approximate surface area is 115 Å². The highest BCUT2D eigenvalue weighted by molar-refractivity contribution is 5.82. The highest BCUT2D eigenvalue weighted by Crippen LogP contribution is 2.28. The third-order valence-corrected chi connectivity index (χ3v) is 3.42. The third kappa shape index (κ3) is 2.55.